The smallest absolute Gasteiger partial charge is 0.460 e. The Morgan fingerprint density at radius 2 is 0.797 bits per heavy atom. The van der Waals surface area contributed by atoms with Gasteiger partial charge in [-0.15, -0.1) is 0 Å². The van der Waals surface area contributed by atoms with Gasteiger partial charge in [-0.3, -0.25) is 0 Å². The van der Waals surface area contributed by atoms with Crippen LogP contribution in [0.5, 0.6) is 0 Å². The van der Waals surface area contributed by atoms with Crippen LogP contribution in [0, 0.1) is 5.92 Å². The van der Waals surface area contributed by atoms with Gasteiger partial charge in [0, 0.05) is 18.4 Å². The van der Waals surface area contributed by atoms with E-state index in [2.05, 4.69) is 4.99 Å². The van der Waals surface area contributed by atoms with Crippen LogP contribution in [-0.4, -0.2) is 90.1 Å². The van der Waals surface area contributed by atoms with Gasteiger partial charge in [-0.1, -0.05) is 80.6 Å². The van der Waals surface area contributed by atoms with Crippen molar-refractivity contribution in [3.05, 3.63) is 89.5 Å². The molecule has 0 spiro atoms. The van der Waals surface area contributed by atoms with E-state index in [1.807, 2.05) is 0 Å². The minimum Gasteiger partial charge on any atom is -0.475 e. The highest BCUT2D eigenvalue weighted by Crippen LogP contribution is 2.62. The average molecular weight is 1070 g/mol. The Balaban J connectivity index is 1.69. The van der Waals surface area contributed by atoms with E-state index in [0.717, 1.165) is 48.5 Å². The lowest BCUT2D eigenvalue weighted by Gasteiger charge is -2.39. The molecule has 0 aromatic heterocycles. The normalized spacial score (nSPS) is 16.9. The molecule has 2 nitrogen and oxygen atoms in total. The van der Waals surface area contributed by atoms with Crippen molar-refractivity contribution in [2.24, 2.45) is 10.9 Å². The summed E-state index contributed by atoms with van der Waals surface area (Å²) in [5.74, 6) is -76.0. The van der Waals surface area contributed by atoms with Crippen molar-refractivity contribution in [2.45, 2.75) is 117 Å². The van der Waals surface area contributed by atoms with Gasteiger partial charge in [-0.25, -0.2) is 4.99 Å². The highest BCUT2D eigenvalue weighted by atomic mass is 31.1. The molecule has 0 aliphatic carbocycles. The molecule has 69 heavy (non-hydrogen) atoms. The molecule has 0 bridgehead atoms. The zero-order chi connectivity index (χ0) is 53.2. The van der Waals surface area contributed by atoms with Gasteiger partial charge in [0.1, 0.15) is 6.61 Å². The van der Waals surface area contributed by atoms with Gasteiger partial charge in [-0.2, -0.15) is 114 Å². The molecule has 0 fully saturated rings. The van der Waals surface area contributed by atoms with Crippen LogP contribution >= 0.6 is 7.92 Å². The van der Waals surface area contributed by atoms with Gasteiger partial charge < -0.3 is 4.74 Å². The number of alkyl halides is 26. The molecule has 388 valence electrons. The minimum atomic E-state index is -8.10. The fourth-order valence-electron chi connectivity index (χ4n) is 6.30. The van der Waals surface area contributed by atoms with Crippen molar-refractivity contribution in [1.82, 2.24) is 0 Å². The van der Waals surface area contributed by atoms with Gasteiger partial charge in [-0.05, 0) is 59.8 Å². The molecule has 29 heteroatoms. The number of ether oxygens (including phenoxy) is 1. The standard InChI is InChI=1S/C40H30F26NOP/c1-20(2)26-19-68-28(67-26)25-5-3-4-6-27(25)69(23-11-7-21(8-12-23)15-17-29(41,42)31(45,46)33(49,50)35(53,54)37(57,58)39(61,62)63)24-13-9-22(10-14-24)16-18-30(43,44)32(47,48)34(51,52)36(55,56)38(59,60)40(64,65)66/h3-14,20,26H,15-19H2,1-2H3/t26-/m1/s1. The first-order valence-electron chi connectivity index (χ1n) is 19.1. The predicted octanol–water partition coefficient (Wildman–Crippen LogP) is 13.6. The van der Waals surface area contributed by atoms with Crippen LogP contribution in [0.25, 0.3) is 0 Å². The SMILES string of the molecule is CC(C)[C@H]1COC(c2ccccc2P(c2ccc(CCC(F)(F)C(F)(F)C(F)(F)C(F)(F)C(F)(F)C(F)(F)F)cc2)c2ccc(CCC(F)(F)C(F)(F)C(F)(F)C(F)(F)C(F)(F)C(F)(F)F)cc2)=N1. The molecule has 3 aromatic carbocycles. The van der Waals surface area contributed by atoms with E-state index in [0.29, 0.717) is 0 Å². The minimum absolute atomic E-state index is 0.0436. The Morgan fingerprint density at radius 1 is 0.464 bits per heavy atom. The number of rotatable bonds is 19. The third-order valence-corrected chi connectivity index (χ3v) is 13.2. The first-order valence-corrected chi connectivity index (χ1v) is 20.4. The second-order valence-corrected chi connectivity index (χ2v) is 17.9. The fraction of sp³-hybridized carbons (Fsp3) is 0.525. The quantitative estimate of drug-likeness (QED) is 0.0866. The van der Waals surface area contributed by atoms with E-state index < -0.39 is 122 Å². The van der Waals surface area contributed by atoms with Crippen LogP contribution in [-0.2, 0) is 17.6 Å². The summed E-state index contributed by atoms with van der Waals surface area (Å²) in [5, 5.41) is 0.498. The predicted molar refractivity (Wildman–Crippen MR) is 194 cm³/mol. The van der Waals surface area contributed by atoms with Gasteiger partial charge >= 0.3 is 71.6 Å². The van der Waals surface area contributed by atoms with Crippen LogP contribution in [0.4, 0.5) is 114 Å². The summed E-state index contributed by atoms with van der Waals surface area (Å²) >= 11 is 0. The van der Waals surface area contributed by atoms with Crippen molar-refractivity contribution < 1.29 is 119 Å². The number of halogens is 26. The molecule has 0 saturated heterocycles. The number of hydrogen-bond acceptors (Lipinski definition) is 2. The maximum absolute atomic E-state index is 14.6. The molecular weight excluding hydrogens is 1040 g/mol. The monoisotopic (exact) mass is 1070 g/mol. The largest absolute Gasteiger partial charge is 0.475 e. The molecule has 1 atom stereocenters. The molecule has 0 radical (unpaired) electrons. The van der Waals surface area contributed by atoms with E-state index in [-0.39, 0.29) is 39.9 Å². The summed E-state index contributed by atoms with van der Waals surface area (Å²) in [7, 11) is -2.12. The first-order chi connectivity index (χ1) is 30.9. The van der Waals surface area contributed by atoms with Crippen LogP contribution in [0.15, 0.2) is 77.8 Å². The molecule has 3 aromatic rings. The van der Waals surface area contributed by atoms with Crippen molar-refractivity contribution in [2.75, 3.05) is 6.61 Å². The molecule has 0 unspecified atom stereocenters. The molecule has 0 amide bonds. The number of aryl methyl sites for hydroxylation is 2. The maximum atomic E-state index is 14.6. The van der Waals surface area contributed by atoms with Gasteiger partial charge in [0.05, 0.1) is 6.04 Å². The number of nitrogens with zero attached hydrogens (tertiary/aromatic N) is 1. The Bertz CT molecular complexity index is 2160. The van der Waals surface area contributed by atoms with E-state index >= 15 is 0 Å². The van der Waals surface area contributed by atoms with Gasteiger partial charge in [0.2, 0.25) is 5.90 Å². The van der Waals surface area contributed by atoms with Gasteiger partial charge in [0.15, 0.2) is 0 Å². The summed E-state index contributed by atoms with van der Waals surface area (Å²) in [6.07, 6.45) is -23.2. The summed E-state index contributed by atoms with van der Waals surface area (Å²) in [6.45, 7) is 3.65. The van der Waals surface area contributed by atoms with Crippen molar-refractivity contribution in [1.29, 1.82) is 0 Å². The molecule has 0 N–H and O–H groups in total. The number of benzene rings is 3. The second kappa shape index (κ2) is 18.4. The Hall–Kier alpha value is -4.26. The molecular formula is C40H30F26NOP. The van der Waals surface area contributed by atoms with E-state index in [1.165, 1.54) is 24.3 Å². The molecule has 1 aliphatic rings. The lowest BCUT2D eigenvalue weighted by Crippen LogP contribution is -2.70. The maximum Gasteiger partial charge on any atom is 0.460 e. The van der Waals surface area contributed by atoms with Crippen molar-refractivity contribution >= 4 is 29.7 Å². The number of aliphatic imine (C=N–C) groups is 1. The molecule has 0 saturated carbocycles. The van der Waals surface area contributed by atoms with Crippen LogP contribution in [0.1, 0.15) is 43.4 Å². The first kappa shape index (κ1) is 57.3. The van der Waals surface area contributed by atoms with Gasteiger partial charge in [0.25, 0.3) is 0 Å². The average Bonchev–Trinajstić information content (AvgIpc) is 3.73. The molecule has 1 heterocycles. The van der Waals surface area contributed by atoms with Crippen molar-refractivity contribution in [3.63, 3.8) is 0 Å². The second-order valence-electron chi connectivity index (χ2n) is 15.7. The Morgan fingerprint density at radius 3 is 1.12 bits per heavy atom. The highest BCUT2D eigenvalue weighted by molar-refractivity contribution is 7.80. The summed E-state index contributed by atoms with van der Waals surface area (Å²) in [4.78, 5) is 4.51. The van der Waals surface area contributed by atoms with E-state index in [4.69, 9.17) is 4.74 Å². The third kappa shape index (κ3) is 9.76. The summed E-state index contributed by atoms with van der Waals surface area (Å²) < 4.78 is 361. The topological polar surface area (TPSA) is 21.6 Å². The highest BCUT2D eigenvalue weighted by Gasteiger charge is 2.92. The lowest BCUT2D eigenvalue weighted by atomic mass is 9.91. The summed E-state index contributed by atoms with van der Waals surface area (Å²) in [5.41, 5.74) is -0.726. The number of hydrogen-bond donors (Lipinski definition) is 0. The van der Waals surface area contributed by atoms with Crippen molar-refractivity contribution in [3.8, 4) is 0 Å². The fourth-order valence-corrected chi connectivity index (χ4v) is 8.69. The van der Waals surface area contributed by atoms with Crippen LogP contribution in [0.3, 0.4) is 0 Å². The Kier molecular flexibility index (Phi) is 15.3. The van der Waals surface area contributed by atoms with E-state index in [9.17, 15) is 114 Å². The summed E-state index contributed by atoms with van der Waals surface area (Å²) in [6, 6.07) is 13.2. The van der Waals surface area contributed by atoms with E-state index in [1.54, 1.807) is 13.8 Å². The van der Waals surface area contributed by atoms with Crippen LogP contribution in [0.2, 0.25) is 0 Å². The molecule has 1 aliphatic heterocycles. The zero-order valence-corrected chi connectivity index (χ0v) is 35.1. The zero-order valence-electron chi connectivity index (χ0n) is 34.2. The van der Waals surface area contributed by atoms with Crippen LogP contribution < -0.4 is 15.9 Å². The molecule has 4 rings (SSSR count). The third-order valence-electron chi connectivity index (χ3n) is 10.7. The Labute approximate surface area is 372 Å². The lowest BCUT2D eigenvalue weighted by molar-refractivity contribution is -0.440.